The van der Waals surface area contributed by atoms with E-state index in [1.807, 2.05) is 6.07 Å². The van der Waals surface area contributed by atoms with Crippen LogP contribution in [0.2, 0.25) is 0 Å². The molecule has 1 aromatic heterocycles. The Labute approximate surface area is 108 Å². The van der Waals surface area contributed by atoms with Crippen LogP contribution in [0, 0.1) is 5.92 Å². The van der Waals surface area contributed by atoms with Gasteiger partial charge in [-0.2, -0.15) is 0 Å². The zero-order valence-corrected chi connectivity index (χ0v) is 10.9. The molecule has 94 valence electrons. The molecule has 0 amide bonds. The summed E-state index contributed by atoms with van der Waals surface area (Å²) >= 11 is 0. The molecule has 2 nitrogen and oxygen atoms in total. The van der Waals surface area contributed by atoms with E-state index in [9.17, 15) is 0 Å². The molecule has 0 bridgehead atoms. The Bertz CT molecular complexity index is 531. The van der Waals surface area contributed by atoms with Gasteiger partial charge in [-0.15, -0.1) is 0 Å². The Morgan fingerprint density at radius 2 is 2.06 bits per heavy atom. The lowest BCUT2D eigenvalue weighted by Crippen LogP contribution is -2.26. The third kappa shape index (κ3) is 2.88. The summed E-state index contributed by atoms with van der Waals surface area (Å²) in [6.45, 7) is 3.15. The molecule has 0 saturated heterocycles. The third-order valence-electron chi connectivity index (χ3n) is 3.67. The van der Waals surface area contributed by atoms with E-state index in [1.54, 1.807) is 0 Å². The van der Waals surface area contributed by atoms with E-state index in [-0.39, 0.29) is 0 Å². The van der Waals surface area contributed by atoms with Crippen molar-refractivity contribution in [3.8, 4) is 0 Å². The molecule has 1 aliphatic rings. The van der Waals surface area contributed by atoms with Gasteiger partial charge in [-0.3, -0.25) is 4.98 Å². The number of nitrogens with zero attached hydrogens (tertiary/aromatic N) is 1. The molecule has 0 spiro atoms. The molecule has 1 aromatic carbocycles. The van der Waals surface area contributed by atoms with Gasteiger partial charge in [0.2, 0.25) is 0 Å². The van der Waals surface area contributed by atoms with Crippen molar-refractivity contribution in [1.29, 1.82) is 0 Å². The highest BCUT2D eigenvalue weighted by molar-refractivity contribution is 5.78. The SMILES string of the molecule is CC(CC1CC1)NCc1ccc2ccccc2n1. The van der Waals surface area contributed by atoms with Gasteiger partial charge in [-0.25, -0.2) is 0 Å². The highest BCUT2D eigenvalue weighted by atomic mass is 14.9. The first kappa shape index (κ1) is 11.7. The minimum absolute atomic E-state index is 0.603. The molecule has 1 saturated carbocycles. The van der Waals surface area contributed by atoms with Gasteiger partial charge >= 0.3 is 0 Å². The van der Waals surface area contributed by atoms with E-state index in [2.05, 4.69) is 47.6 Å². The predicted octanol–water partition coefficient (Wildman–Crippen LogP) is 3.51. The summed E-state index contributed by atoms with van der Waals surface area (Å²) in [5.74, 6) is 0.983. The summed E-state index contributed by atoms with van der Waals surface area (Å²) in [5, 5.41) is 4.79. The summed E-state index contributed by atoms with van der Waals surface area (Å²) < 4.78 is 0. The Morgan fingerprint density at radius 3 is 2.89 bits per heavy atom. The van der Waals surface area contributed by atoms with E-state index in [0.29, 0.717) is 6.04 Å². The zero-order valence-electron chi connectivity index (χ0n) is 10.9. The van der Waals surface area contributed by atoms with Crippen molar-refractivity contribution < 1.29 is 0 Å². The first-order valence-electron chi connectivity index (χ1n) is 6.89. The number of rotatable bonds is 5. The maximum Gasteiger partial charge on any atom is 0.0705 e. The molecule has 1 heterocycles. The van der Waals surface area contributed by atoms with Gasteiger partial charge in [0.1, 0.15) is 0 Å². The van der Waals surface area contributed by atoms with Crippen LogP contribution in [0.1, 0.15) is 31.9 Å². The van der Waals surface area contributed by atoms with Gasteiger partial charge in [-0.05, 0) is 31.4 Å². The first-order chi connectivity index (χ1) is 8.81. The molecule has 1 N–H and O–H groups in total. The van der Waals surface area contributed by atoms with Crippen LogP contribution in [0.4, 0.5) is 0 Å². The fourth-order valence-electron chi connectivity index (χ4n) is 2.42. The number of aromatic nitrogens is 1. The molecule has 1 fully saturated rings. The minimum atomic E-state index is 0.603. The molecule has 0 radical (unpaired) electrons. The number of fused-ring (bicyclic) bond motifs is 1. The van der Waals surface area contributed by atoms with Crippen LogP contribution < -0.4 is 5.32 Å². The number of hydrogen-bond donors (Lipinski definition) is 1. The number of nitrogens with one attached hydrogen (secondary N) is 1. The van der Waals surface area contributed by atoms with Crippen LogP contribution in [-0.4, -0.2) is 11.0 Å². The largest absolute Gasteiger partial charge is 0.309 e. The minimum Gasteiger partial charge on any atom is -0.309 e. The Balaban J connectivity index is 1.62. The number of benzene rings is 1. The van der Waals surface area contributed by atoms with Crippen LogP contribution >= 0.6 is 0 Å². The second kappa shape index (κ2) is 5.07. The average Bonchev–Trinajstić information content (AvgIpc) is 3.20. The summed E-state index contributed by atoms with van der Waals surface area (Å²) in [6, 6.07) is 13.2. The fraction of sp³-hybridized carbons (Fsp3) is 0.438. The van der Waals surface area contributed by atoms with E-state index in [0.717, 1.165) is 23.7 Å². The van der Waals surface area contributed by atoms with Crippen molar-refractivity contribution in [2.24, 2.45) is 5.92 Å². The zero-order chi connectivity index (χ0) is 12.4. The quantitative estimate of drug-likeness (QED) is 0.865. The first-order valence-corrected chi connectivity index (χ1v) is 6.89. The van der Waals surface area contributed by atoms with Gasteiger partial charge < -0.3 is 5.32 Å². The van der Waals surface area contributed by atoms with Crippen molar-refractivity contribution in [2.75, 3.05) is 0 Å². The molecule has 2 heteroatoms. The summed E-state index contributed by atoms with van der Waals surface area (Å²) in [4.78, 5) is 4.68. The van der Waals surface area contributed by atoms with Gasteiger partial charge in [0.25, 0.3) is 0 Å². The van der Waals surface area contributed by atoms with Crippen molar-refractivity contribution in [3.63, 3.8) is 0 Å². The number of para-hydroxylation sites is 1. The van der Waals surface area contributed by atoms with Crippen LogP contribution in [0.15, 0.2) is 36.4 Å². The van der Waals surface area contributed by atoms with Crippen LogP contribution in [0.3, 0.4) is 0 Å². The van der Waals surface area contributed by atoms with Gasteiger partial charge in [-0.1, -0.05) is 37.1 Å². The lowest BCUT2D eigenvalue weighted by atomic mass is 10.1. The Hall–Kier alpha value is -1.41. The van der Waals surface area contributed by atoms with E-state index in [1.165, 1.54) is 24.6 Å². The smallest absolute Gasteiger partial charge is 0.0705 e. The predicted molar refractivity (Wildman–Crippen MR) is 75.4 cm³/mol. The summed E-state index contributed by atoms with van der Waals surface area (Å²) in [6.07, 6.45) is 4.17. The van der Waals surface area contributed by atoms with Gasteiger partial charge in [0.05, 0.1) is 11.2 Å². The second-order valence-corrected chi connectivity index (χ2v) is 5.46. The fourth-order valence-corrected chi connectivity index (χ4v) is 2.42. The maximum absolute atomic E-state index is 4.68. The van der Waals surface area contributed by atoms with Crippen LogP contribution in [-0.2, 0) is 6.54 Å². The lowest BCUT2D eigenvalue weighted by Gasteiger charge is -2.13. The van der Waals surface area contributed by atoms with Crippen molar-refractivity contribution in [2.45, 2.75) is 38.8 Å². The molecule has 1 aliphatic carbocycles. The maximum atomic E-state index is 4.68. The number of hydrogen-bond acceptors (Lipinski definition) is 2. The molecular weight excluding hydrogens is 220 g/mol. The van der Waals surface area contributed by atoms with Crippen molar-refractivity contribution >= 4 is 10.9 Å². The molecule has 1 unspecified atom stereocenters. The molecular formula is C16H20N2. The normalized spacial score (nSPS) is 16.9. The highest BCUT2D eigenvalue weighted by Crippen LogP contribution is 2.33. The molecule has 2 aromatic rings. The molecule has 3 rings (SSSR count). The van der Waals surface area contributed by atoms with E-state index >= 15 is 0 Å². The van der Waals surface area contributed by atoms with Gasteiger partial charge in [0, 0.05) is 18.0 Å². The van der Waals surface area contributed by atoms with Crippen molar-refractivity contribution in [3.05, 3.63) is 42.1 Å². The monoisotopic (exact) mass is 240 g/mol. The Morgan fingerprint density at radius 1 is 1.22 bits per heavy atom. The number of pyridine rings is 1. The second-order valence-electron chi connectivity index (χ2n) is 5.46. The third-order valence-corrected chi connectivity index (χ3v) is 3.67. The summed E-state index contributed by atoms with van der Waals surface area (Å²) in [5.41, 5.74) is 2.22. The Kier molecular flexibility index (Phi) is 3.28. The lowest BCUT2D eigenvalue weighted by molar-refractivity contribution is 0.484. The molecule has 18 heavy (non-hydrogen) atoms. The average molecular weight is 240 g/mol. The topological polar surface area (TPSA) is 24.9 Å². The standard InChI is InChI=1S/C16H20N2/c1-12(10-13-6-7-13)17-11-15-9-8-14-4-2-3-5-16(14)18-15/h2-5,8-9,12-13,17H,6-7,10-11H2,1H3. The van der Waals surface area contributed by atoms with Crippen molar-refractivity contribution in [1.82, 2.24) is 10.3 Å². The van der Waals surface area contributed by atoms with Crippen LogP contribution in [0.5, 0.6) is 0 Å². The van der Waals surface area contributed by atoms with E-state index in [4.69, 9.17) is 0 Å². The highest BCUT2D eigenvalue weighted by Gasteiger charge is 2.23. The molecule has 1 atom stereocenters. The molecule has 0 aliphatic heterocycles. The van der Waals surface area contributed by atoms with Crippen LogP contribution in [0.25, 0.3) is 10.9 Å². The summed E-state index contributed by atoms with van der Waals surface area (Å²) in [7, 11) is 0. The van der Waals surface area contributed by atoms with E-state index < -0.39 is 0 Å². The van der Waals surface area contributed by atoms with Gasteiger partial charge in [0.15, 0.2) is 0 Å².